The number of hydrogen-bond donors (Lipinski definition) is 0. The van der Waals surface area contributed by atoms with E-state index in [1.165, 1.54) is 6.07 Å². The van der Waals surface area contributed by atoms with Gasteiger partial charge in [-0.05, 0) is 36.2 Å². The maximum atomic E-state index is 13.5. The summed E-state index contributed by atoms with van der Waals surface area (Å²) in [5, 5.41) is 1.20. The lowest BCUT2D eigenvalue weighted by Gasteiger charge is -2.08. The van der Waals surface area contributed by atoms with E-state index in [-0.39, 0.29) is 5.82 Å². The lowest BCUT2D eigenvalue weighted by Crippen LogP contribution is -1.86. The smallest absolute Gasteiger partial charge is 0.126 e. The molecule has 2 rings (SSSR count). The van der Waals surface area contributed by atoms with Crippen molar-refractivity contribution in [2.75, 3.05) is 0 Å². The summed E-state index contributed by atoms with van der Waals surface area (Å²) >= 11 is 17.9. The summed E-state index contributed by atoms with van der Waals surface area (Å²) in [6.45, 7) is 1.70. The van der Waals surface area contributed by atoms with Gasteiger partial charge in [-0.3, -0.25) is 0 Å². The number of rotatable bonds is 1. The Balaban J connectivity index is 2.64. The standard InChI is InChI=1S/C13H8Cl3F/c1-7-2-3-8(4-12(7)17)10-5-9(14)6-11(15)13(10)16/h2-6H,1H3. The average Bonchev–Trinajstić information content (AvgIpc) is 2.27. The fourth-order valence-corrected chi connectivity index (χ4v) is 2.24. The summed E-state index contributed by atoms with van der Waals surface area (Å²) in [6, 6.07) is 8.12. The van der Waals surface area contributed by atoms with Gasteiger partial charge in [0, 0.05) is 10.6 Å². The van der Waals surface area contributed by atoms with Crippen molar-refractivity contribution in [3.8, 4) is 11.1 Å². The van der Waals surface area contributed by atoms with Crippen LogP contribution in [0.2, 0.25) is 15.1 Å². The molecule has 0 aliphatic rings. The molecule has 0 aromatic heterocycles. The van der Waals surface area contributed by atoms with Crippen LogP contribution < -0.4 is 0 Å². The van der Waals surface area contributed by atoms with Gasteiger partial charge >= 0.3 is 0 Å². The van der Waals surface area contributed by atoms with Crippen molar-refractivity contribution >= 4 is 34.8 Å². The van der Waals surface area contributed by atoms with Crippen molar-refractivity contribution in [2.24, 2.45) is 0 Å². The molecule has 0 radical (unpaired) electrons. The summed E-state index contributed by atoms with van der Waals surface area (Å²) in [6.07, 6.45) is 0. The minimum Gasteiger partial charge on any atom is -0.207 e. The Morgan fingerprint density at radius 3 is 2.35 bits per heavy atom. The normalized spacial score (nSPS) is 10.6. The Labute approximate surface area is 114 Å². The molecule has 0 aliphatic carbocycles. The van der Waals surface area contributed by atoms with Crippen LogP contribution in [-0.4, -0.2) is 0 Å². The van der Waals surface area contributed by atoms with E-state index in [1.807, 2.05) is 0 Å². The predicted molar refractivity (Wildman–Crippen MR) is 71.6 cm³/mol. The van der Waals surface area contributed by atoms with E-state index in [1.54, 1.807) is 31.2 Å². The second-order valence-corrected chi connectivity index (χ2v) is 4.93. The van der Waals surface area contributed by atoms with Crippen molar-refractivity contribution in [2.45, 2.75) is 6.92 Å². The van der Waals surface area contributed by atoms with Crippen molar-refractivity contribution in [1.29, 1.82) is 0 Å². The monoisotopic (exact) mass is 288 g/mol. The van der Waals surface area contributed by atoms with Gasteiger partial charge in [0.1, 0.15) is 5.82 Å². The minimum atomic E-state index is -0.283. The maximum Gasteiger partial charge on any atom is 0.126 e. The molecule has 0 spiro atoms. The number of halogens is 4. The second kappa shape index (κ2) is 4.85. The highest BCUT2D eigenvalue weighted by Crippen LogP contribution is 2.36. The molecule has 88 valence electrons. The van der Waals surface area contributed by atoms with Crippen molar-refractivity contribution in [3.63, 3.8) is 0 Å². The second-order valence-electron chi connectivity index (χ2n) is 3.71. The third kappa shape index (κ3) is 2.57. The number of aryl methyl sites for hydroxylation is 1. The van der Waals surface area contributed by atoms with Crippen molar-refractivity contribution < 1.29 is 4.39 Å². The summed E-state index contributed by atoms with van der Waals surface area (Å²) in [5.41, 5.74) is 1.86. The van der Waals surface area contributed by atoms with E-state index in [0.29, 0.717) is 31.8 Å². The van der Waals surface area contributed by atoms with Gasteiger partial charge in [-0.25, -0.2) is 4.39 Å². The van der Waals surface area contributed by atoms with Gasteiger partial charge in [0.25, 0.3) is 0 Å². The predicted octanol–water partition coefficient (Wildman–Crippen LogP) is 5.76. The Kier molecular flexibility index (Phi) is 3.62. The summed E-state index contributed by atoms with van der Waals surface area (Å²) < 4.78 is 13.5. The lowest BCUT2D eigenvalue weighted by molar-refractivity contribution is 0.619. The van der Waals surface area contributed by atoms with Crippen LogP contribution in [0.4, 0.5) is 4.39 Å². The molecule has 17 heavy (non-hydrogen) atoms. The van der Waals surface area contributed by atoms with Gasteiger partial charge in [-0.1, -0.05) is 46.9 Å². The third-order valence-corrected chi connectivity index (χ3v) is 3.50. The average molecular weight is 290 g/mol. The molecule has 0 saturated carbocycles. The van der Waals surface area contributed by atoms with Crippen LogP contribution in [-0.2, 0) is 0 Å². The van der Waals surface area contributed by atoms with E-state index in [4.69, 9.17) is 34.8 Å². The summed E-state index contributed by atoms with van der Waals surface area (Å²) in [7, 11) is 0. The van der Waals surface area contributed by atoms with Gasteiger partial charge in [0.15, 0.2) is 0 Å². The molecule has 0 saturated heterocycles. The molecule has 4 heteroatoms. The van der Waals surface area contributed by atoms with E-state index < -0.39 is 0 Å². The molecular formula is C13H8Cl3F. The first kappa shape index (κ1) is 12.7. The highest BCUT2D eigenvalue weighted by Gasteiger charge is 2.10. The first-order valence-corrected chi connectivity index (χ1v) is 6.03. The van der Waals surface area contributed by atoms with Crippen LogP contribution in [0.5, 0.6) is 0 Å². The van der Waals surface area contributed by atoms with Crippen LogP contribution in [0.25, 0.3) is 11.1 Å². The van der Waals surface area contributed by atoms with Crippen LogP contribution in [0.15, 0.2) is 30.3 Å². The molecule has 0 N–H and O–H groups in total. The molecule has 0 fully saturated rings. The van der Waals surface area contributed by atoms with Gasteiger partial charge < -0.3 is 0 Å². The molecular weight excluding hydrogens is 282 g/mol. The Hall–Kier alpha value is -0.760. The van der Waals surface area contributed by atoms with Crippen LogP contribution in [0.3, 0.4) is 0 Å². The zero-order valence-electron chi connectivity index (χ0n) is 8.90. The Bertz CT molecular complexity index is 579. The highest BCUT2D eigenvalue weighted by atomic mass is 35.5. The third-order valence-electron chi connectivity index (χ3n) is 2.48. The SMILES string of the molecule is Cc1ccc(-c2cc(Cl)cc(Cl)c2Cl)cc1F. The van der Waals surface area contributed by atoms with E-state index in [2.05, 4.69) is 0 Å². The quantitative estimate of drug-likeness (QED) is 0.585. The fourth-order valence-electron chi connectivity index (χ4n) is 1.53. The molecule has 0 unspecified atom stereocenters. The molecule has 0 aliphatic heterocycles. The summed E-state index contributed by atoms with van der Waals surface area (Å²) in [5.74, 6) is -0.283. The fraction of sp³-hybridized carbons (Fsp3) is 0.0769. The van der Waals surface area contributed by atoms with Crippen molar-refractivity contribution in [3.05, 3.63) is 56.8 Å². The first-order valence-electron chi connectivity index (χ1n) is 4.90. The van der Waals surface area contributed by atoms with Crippen molar-refractivity contribution in [1.82, 2.24) is 0 Å². The molecule has 0 amide bonds. The molecule has 2 aromatic rings. The Morgan fingerprint density at radius 2 is 1.71 bits per heavy atom. The Morgan fingerprint density at radius 1 is 1.00 bits per heavy atom. The topological polar surface area (TPSA) is 0 Å². The van der Waals surface area contributed by atoms with Gasteiger partial charge in [0.05, 0.1) is 10.0 Å². The summed E-state index contributed by atoms with van der Waals surface area (Å²) in [4.78, 5) is 0. The maximum absolute atomic E-state index is 13.5. The minimum absolute atomic E-state index is 0.283. The molecule has 0 bridgehead atoms. The molecule has 0 heterocycles. The largest absolute Gasteiger partial charge is 0.207 e. The lowest BCUT2D eigenvalue weighted by atomic mass is 10.0. The van der Waals surface area contributed by atoms with Gasteiger partial charge in [-0.2, -0.15) is 0 Å². The van der Waals surface area contributed by atoms with Crippen LogP contribution in [0, 0.1) is 12.7 Å². The van der Waals surface area contributed by atoms with Gasteiger partial charge in [-0.15, -0.1) is 0 Å². The zero-order chi connectivity index (χ0) is 12.6. The first-order chi connectivity index (χ1) is 7.99. The zero-order valence-corrected chi connectivity index (χ0v) is 11.2. The molecule has 0 nitrogen and oxygen atoms in total. The van der Waals surface area contributed by atoms with E-state index in [9.17, 15) is 4.39 Å². The number of hydrogen-bond acceptors (Lipinski definition) is 0. The van der Waals surface area contributed by atoms with E-state index in [0.717, 1.165) is 0 Å². The molecule has 0 atom stereocenters. The number of benzene rings is 2. The van der Waals surface area contributed by atoms with Crippen LogP contribution >= 0.6 is 34.8 Å². The van der Waals surface area contributed by atoms with E-state index >= 15 is 0 Å². The molecule has 2 aromatic carbocycles. The highest BCUT2D eigenvalue weighted by molar-refractivity contribution is 6.45. The van der Waals surface area contributed by atoms with Gasteiger partial charge in [0.2, 0.25) is 0 Å². The van der Waals surface area contributed by atoms with Crippen LogP contribution in [0.1, 0.15) is 5.56 Å².